The SMILES string of the molecule is C[C@H](c1ccccc1)[C@H](C=O)[N+](=O)[O-]. The van der Waals surface area contributed by atoms with Crippen molar-refractivity contribution >= 4 is 6.29 Å². The molecule has 0 aliphatic heterocycles. The van der Waals surface area contributed by atoms with Crippen molar-refractivity contribution in [2.45, 2.75) is 18.9 Å². The molecule has 74 valence electrons. The molecule has 0 heterocycles. The normalized spacial score (nSPS) is 14.4. The van der Waals surface area contributed by atoms with Crippen LogP contribution in [0.25, 0.3) is 0 Å². The van der Waals surface area contributed by atoms with Crippen LogP contribution in [0.5, 0.6) is 0 Å². The second-order valence-corrected chi connectivity index (χ2v) is 3.11. The van der Waals surface area contributed by atoms with E-state index < -0.39 is 11.0 Å². The van der Waals surface area contributed by atoms with Gasteiger partial charge >= 0.3 is 0 Å². The van der Waals surface area contributed by atoms with Crippen molar-refractivity contribution in [1.82, 2.24) is 0 Å². The standard InChI is InChI=1S/C10H11NO3/c1-8(10(7-12)11(13)14)9-5-3-2-4-6-9/h2-8,10H,1H3/t8-,10+/m1/s1. The molecular formula is C10H11NO3. The van der Waals surface area contributed by atoms with E-state index in [2.05, 4.69) is 0 Å². The fourth-order valence-electron chi connectivity index (χ4n) is 1.30. The largest absolute Gasteiger partial charge is 0.296 e. The molecule has 4 nitrogen and oxygen atoms in total. The third-order valence-electron chi connectivity index (χ3n) is 2.22. The molecule has 0 aromatic heterocycles. The number of hydrogen-bond acceptors (Lipinski definition) is 3. The first-order valence-corrected chi connectivity index (χ1v) is 4.30. The quantitative estimate of drug-likeness (QED) is 0.415. The van der Waals surface area contributed by atoms with E-state index in [-0.39, 0.29) is 5.92 Å². The van der Waals surface area contributed by atoms with Crippen molar-refractivity contribution in [3.63, 3.8) is 0 Å². The number of benzene rings is 1. The predicted molar refractivity (Wildman–Crippen MR) is 51.7 cm³/mol. The molecule has 0 fully saturated rings. The first kappa shape index (κ1) is 10.4. The Morgan fingerprint density at radius 1 is 1.36 bits per heavy atom. The van der Waals surface area contributed by atoms with Crippen LogP contribution in [0, 0.1) is 10.1 Å². The van der Waals surface area contributed by atoms with Gasteiger partial charge in [0, 0.05) is 4.92 Å². The molecule has 0 amide bonds. The highest BCUT2D eigenvalue weighted by Gasteiger charge is 2.28. The number of nitro groups is 1. The minimum absolute atomic E-state index is 0.385. The summed E-state index contributed by atoms with van der Waals surface area (Å²) >= 11 is 0. The Balaban J connectivity index is 2.88. The Morgan fingerprint density at radius 2 is 1.93 bits per heavy atom. The van der Waals surface area contributed by atoms with Gasteiger partial charge in [0.2, 0.25) is 0 Å². The van der Waals surface area contributed by atoms with Gasteiger partial charge in [0.25, 0.3) is 6.04 Å². The fraction of sp³-hybridized carbons (Fsp3) is 0.300. The van der Waals surface area contributed by atoms with Crippen molar-refractivity contribution in [2.75, 3.05) is 0 Å². The molecule has 1 rings (SSSR count). The maximum atomic E-state index is 10.5. The van der Waals surface area contributed by atoms with E-state index in [0.29, 0.717) is 6.29 Å². The zero-order valence-corrected chi connectivity index (χ0v) is 7.79. The lowest BCUT2D eigenvalue weighted by molar-refractivity contribution is -0.508. The Morgan fingerprint density at radius 3 is 2.36 bits per heavy atom. The summed E-state index contributed by atoms with van der Waals surface area (Å²) in [5.74, 6) is -0.385. The van der Waals surface area contributed by atoms with Gasteiger partial charge in [0.05, 0.1) is 5.92 Å². The summed E-state index contributed by atoms with van der Waals surface area (Å²) in [6.45, 7) is 1.68. The highest BCUT2D eigenvalue weighted by Crippen LogP contribution is 2.19. The average Bonchev–Trinajstić information content (AvgIpc) is 2.19. The molecule has 14 heavy (non-hydrogen) atoms. The monoisotopic (exact) mass is 193 g/mol. The van der Waals surface area contributed by atoms with Crippen LogP contribution in [0.1, 0.15) is 18.4 Å². The third-order valence-corrected chi connectivity index (χ3v) is 2.22. The maximum absolute atomic E-state index is 10.5. The summed E-state index contributed by atoms with van der Waals surface area (Å²) in [4.78, 5) is 20.5. The molecule has 0 saturated heterocycles. The molecule has 0 aliphatic rings. The third kappa shape index (κ3) is 2.16. The Kier molecular flexibility index (Phi) is 3.34. The minimum atomic E-state index is -1.16. The van der Waals surface area contributed by atoms with Gasteiger partial charge in [-0.2, -0.15) is 0 Å². The zero-order chi connectivity index (χ0) is 10.6. The number of hydrogen-bond donors (Lipinski definition) is 0. The highest BCUT2D eigenvalue weighted by atomic mass is 16.6. The molecule has 0 radical (unpaired) electrons. The molecule has 0 aliphatic carbocycles. The molecule has 4 heteroatoms. The van der Waals surface area contributed by atoms with Crippen molar-refractivity contribution in [1.29, 1.82) is 0 Å². The second-order valence-electron chi connectivity index (χ2n) is 3.11. The topological polar surface area (TPSA) is 60.2 Å². The average molecular weight is 193 g/mol. The molecule has 1 aromatic rings. The molecule has 0 saturated carbocycles. The Labute approximate surface area is 81.7 Å². The van der Waals surface area contributed by atoms with Gasteiger partial charge < -0.3 is 0 Å². The van der Waals surface area contributed by atoms with E-state index in [0.717, 1.165) is 5.56 Å². The van der Waals surface area contributed by atoms with Gasteiger partial charge in [0.15, 0.2) is 6.29 Å². The van der Waals surface area contributed by atoms with Crippen LogP contribution in [0.4, 0.5) is 0 Å². The molecule has 0 unspecified atom stereocenters. The summed E-state index contributed by atoms with van der Waals surface area (Å²) in [6, 6.07) is 7.84. The van der Waals surface area contributed by atoms with E-state index in [1.54, 1.807) is 31.2 Å². The lowest BCUT2D eigenvalue weighted by Crippen LogP contribution is -2.27. The van der Waals surface area contributed by atoms with Crippen LogP contribution in [-0.4, -0.2) is 17.3 Å². The highest BCUT2D eigenvalue weighted by molar-refractivity contribution is 5.58. The van der Waals surface area contributed by atoms with Crippen LogP contribution >= 0.6 is 0 Å². The lowest BCUT2D eigenvalue weighted by atomic mass is 9.95. The van der Waals surface area contributed by atoms with Gasteiger partial charge in [0.1, 0.15) is 0 Å². The second kappa shape index (κ2) is 4.50. The van der Waals surface area contributed by atoms with E-state index in [9.17, 15) is 14.9 Å². The fourth-order valence-corrected chi connectivity index (χ4v) is 1.30. The first-order valence-electron chi connectivity index (χ1n) is 4.30. The van der Waals surface area contributed by atoms with E-state index >= 15 is 0 Å². The van der Waals surface area contributed by atoms with Crippen LogP contribution in [0.15, 0.2) is 30.3 Å². The van der Waals surface area contributed by atoms with Gasteiger partial charge in [-0.05, 0) is 5.56 Å². The first-order chi connectivity index (χ1) is 6.66. The number of rotatable bonds is 4. The summed E-state index contributed by atoms with van der Waals surface area (Å²) in [5, 5.41) is 10.5. The lowest BCUT2D eigenvalue weighted by Gasteiger charge is -2.11. The van der Waals surface area contributed by atoms with E-state index in [4.69, 9.17) is 0 Å². The van der Waals surface area contributed by atoms with Crippen LogP contribution in [0.2, 0.25) is 0 Å². The predicted octanol–water partition coefficient (Wildman–Crippen LogP) is 1.63. The van der Waals surface area contributed by atoms with Crippen LogP contribution in [0.3, 0.4) is 0 Å². The Bertz CT molecular complexity index is 323. The summed E-state index contributed by atoms with van der Waals surface area (Å²) in [6.07, 6.45) is 0.387. The van der Waals surface area contributed by atoms with Crippen molar-refractivity contribution in [3.8, 4) is 0 Å². The molecule has 1 aromatic carbocycles. The van der Waals surface area contributed by atoms with E-state index in [1.165, 1.54) is 0 Å². The van der Waals surface area contributed by atoms with Gasteiger partial charge in [-0.15, -0.1) is 0 Å². The van der Waals surface area contributed by atoms with Gasteiger partial charge in [-0.25, -0.2) is 0 Å². The van der Waals surface area contributed by atoms with Gasteiger partial charge in [-0.1, -0.05) is 37.3 Å². The number of nitrogens with zero attached hydrogens (tertiary/aromatic N) is 1. The number of aldehydes is 1. The van der Waals surface area contributed by atoms with Crippen molar-refractivity contribution in [2.24, 2.45) is 0 Å². The molecule has 0 N–H and O–H groups in total. The molecule has 2 atom stereocenters. The summed E-state index contributed by atoms with van der Waals surface area (Å²) in [5.41, 5.74) is 0.807. The smallest absolute Gasteiger partial charge is 0.273 e. The van der Waals surface area contributed by atoms with Gasteiger partial charge in [-0.3, -0.25) is 14.9 Å². The van der Waals surface area contributed by atoms with Crippen molar-refractivity contribution in [3.05, 3.63) is 46.0 Å². The number of carbonyl (C=O) groups is 1. The van der Waals surface area contributed by atoms with Crippen LogP contribution in [-0.2, 0) is 4.79 Å². The Hall–Kier alpha value is -1.71. The van der Waals surface area contributed by atoms with Crippen molar-refractivity contribution < 1.29 is 9.72 Å². The minimum Gasteiger partial charge on any atom is -0.296 e. The molecular weight excluding hydrogens is 182 g/mol. The molecule has 0 bridgehead atoms. The summed E-state index contributed by atoms with van der Waals surface area (Å²) < 4.78 is 0. The van der Waals surface area contributed by atoms with E-state index in [1.807, 2.05) is 6.07 Å². The zero-order valence-electron chi connectivity index (χ0n) is 7.79. The maximum Gasteiger partial charge on any atom is 0.273 e. The van der Waals surface area contributed by atoms with Crippen LogP contribution < -0.4 is 0 Å². The molecule has 0 spiro atoms. The summed E-state index contributed by atoms with van der Waals surface area (Å²) in [7, 11) is 0. The number of carbonyl (C=O) groups excluding carboxylic acids is 1.